The Bertz CT molecular complexity index is 670. The van der Waals surface area contributed by atoms with Gasteiger partial charge in [0.15, 0.2) is 0 Å². The zero-order chi connectivity index (χ0) is 17.2. The molecule has 1 aliphatic heterocycles. The number of hydrogen-bond acceptors (Lipinski definition) is 4. The van der Waals surface area contributed by atoms with Gasteiger partial charge in [0.05, 0.1) is 12.1 Å². The van der Waals surface area contributed by atoms with Gasteiger partial charge in [-0.05, 0) is 38.0 Å². The monoisotopic (exact) mass is 354 g/mol. The Kier molecular flexibility index (Phi) is 4.96. The van der Waals surface area contributed by atoms with Crippen LogP contribution in [0.4, 0.5) is 0 Å². The summed E-state index contributed by atoms with van der Waals surface area (Å²) in [6, 6.07) is 0. The summed E-state index contributed by atoms with van der Waals surface area (Å²) in [5.41, 5.74) is -0.898. The molecule has 8 heteroatoms. The summed E-state index contributed by atoms with van der Waals surface area (Å²) in [7, 11) is -3.33. The fraction of sp³-hybridized carbons (Fsp3) is 0.750. The number of carbonyl (C=O) groups excluding carboxylic acids is 1. The Morgan fingerprint density at radius 1 is 1.42 bits per heavy atom. The second-order valence-corrected chi connectivity index (χ2v) is 9.00. The van der Waals surface area contributed by atoms with Crippen LogP contribution in [-0.4, -0.2) is 53.6 Å². The Labute approximate surface area is 143 Å². The third-order valence-corrected chi connectivity index (χ3v) is 6.98. The van der Waals surface area contributed by atoms with E-state index >= 15 is 0 Å². The zero-order valence-corrected chi connectivity index (χ0v) is 15.0. The summed E-state index contributed by atoms with van der Waals surface area (Å²) in [4.78, 5) is 17.1. The first-order chi connectivity index (χ1) is 11.5. The van der Waals surface area contributed by atoms with E-state index in [1.165, 1.54) is 4.31 Å². The number of nitrogens with zero attached hydrogens (tertiary/aromatic N) is 3. The van der Waals surface area contributed by atoms with E-state index < -0.39 is 15.6 Å². The molecule has 1 saturated carbocycles. The predicted octanol–water partition coefficient (Wildman–Crippen LogP) is 0.940. The van der Waals surface area contributed by atoms with Crippen molar-refractivity contribution in [1.29, 1.82) is 0 Å². The lowest BCUT2D eigenvalue weighted by molar-refractivity contribution is -0.132. The summed E-state index contributed by atoms with van der Waals surface area (Å²) < 4.78 is 28.3. The largest absolute Gasteiger partial charge is 0.354 e. The van der Waals surface area contributed by atoms with E-state index in [0.29, 0.717) is 38.3 Å². The molecule has 1 saturated heterocycles. The van der Waals surface area contributed by atoms with Crippen LogP contribution in [0.15, 0.2) is 18.7 Å². The molecule has 1 N–H and O–H groups in total. The van der Waals surface area contributed by atoms with Crippen molar-refractivity contribution in [3.63, 3.8) is 0 Å². The Hall–Kier alpha value is -1.41. The number of hydrogen-bond donors (Lipinski definition) is 1. The number of nitrogens with one attached hydrogen (secondary N) is 1. The first kappa shape index (κ1) is 17.4. The summed E-state index contributed by atoms with van der Waals surface area (Å²) >= 11 is 0. The summed E-state index contributed by atoms with van der Waals surface area (Å²) in [5, 5.41) is 3.04. The van der Waals surface area contributed by atoms with Gasteiger partial charge in [-0.1, -0.05) is 6.92 Å². The van der Waals surface area contributed by atoms with Gasteiger partial charge in [0, 0.05) is 32.0 Å². The molecule has 134 valence electrons. The van der Waals surface area contributed by atoms with Crippen molar-refractivity contribution >= 4 is 15.9 Å². The lowest BCUT2D eigenvalue weighted by atomic mass is 9.88. The molecule has 0 aromatic carbocycles. The topological polar surface area (TPSA) is 84.3 Å². The fourth-order valence-electron chi connectivity index (χ4n) is 3.37. The number of rotatable bonds is 7. The number of piperidine rings is 1. The maximum absolute atomic E-state index is 13.0. The minimum atomic E-state index is -3.33. The minimum Gasteiger partial charge on any atom is -0.354 e. The molecule has 0 spiro atoms. The highest BCUT2D eigenvalue weighted by molar-refractivity contribution is 7.89. The molecular weight excluding hydrogens is 328 g/mol. The van der Waals surface area contributed by atoms with E-state index in [1.54, 1.807) is 23.3 Å². The van der Waals surface area contributed by atoms with Gasteiger partial charge in [-0.3, -0.25) is 4.79 Å². The summed E-state index contributed by atoms with van der Waals surface area (Å²) in [5.74, 6) is 0.609. The van der Waals surface area contributed by atoms with E-state index in [2.05, 4.69) is 10.3 Å². The molecule has 1 aromatic heterocycles. The van der Waals surface area contributed by atoms with Crippen LogP contribution in [-0.2, 0) is 20.4 Å². The molecule has 1 aliphatic carbocycles. The van der Waals surface area contributed by atoms with Gasteiger partial charge in [-0.15, -0.1) is 0 Å². The normalized spacial score (nSPS) is 25.5. The van der Waals surface area contributed by atoms with Gasteiger partial charge in [0.25, 0.3) is 0 Å². The molecular formula is C16H26N4O3S. The van der Waals surface area contributed by atoms with Crippen LogP contribution in [0.5, 0.6) is 0 Å². The van der Waals surface area contributed by atoms with Crippen LogP contribution in [0.3, 0.4) is 0 Å². The Morgan fingerprint density at radius 2 is 2.21 bits per heavy atom. The van der Waals surface area contributed by atoms with E-state index in [4.69, 9.17) is 0 Å². The van der Waals surface area contributed by atoms with Crippen LogP contribution >= 0.6 is 0 Å². The third kappa shape index (κ3) is 3.49. The van der Waals surface area contributed by atoms with Gasteiger partial charge in [-0.25, -0.2) is 13.4 Å². The highest BCUT2D eigenvalue weighted by atomic mass is 32.2. The molecule has 1 amide bonds. The van der Waals surface area contributed by atoms with Crippen molar-refractivity contribution in [2.75, 3.05) is 25.4 Å². The van der Waals surface area contributed by atoms with Gasteiger partial charge in [0.2, 0.25) is 15.9 Å². The lowest BCUT2D eigenvalue weighted by Gasteiger charge is -2.41. The molecule has 3 rings (SSSR count). The van der Waals surface area contributed by atoms with Crippen LogP contribution in [0.2, 0.25) is 0 Å². The van der Waals surface area contributed by atoms with Crippen molar-refractivity contribution in [2.24, 2.45) is 5.92 Å². The number of aromatic nitrogens is 2. The molecule has 2 heterocycles. The maximum Gasteiger partial charge on any atom is 0.247 e. The first-order valence-corrected chi connectivity index (χ1v) is 10.3. The molecule has 1 unspecified atom stereocenters. The fourth-order valence-corrected chi connectivity index (χ4v) is 4.96. The molecule has 1 aromatic rings. The predicted molar refractivity (Wildman–Crippen MR) is 90.8 cm³/mol. The number of imidazole rings is 1. The van der Waals surface area contributed by atoms with Crippen molar-refractivity contribution in [3.05, 3.63) is 18.7 Å². The SMILES string of the molecule is CCCS(=O)(=O)N1CCCC(C(=O)NCC2CC2)(n2ccnc2)C1. The van der Waals surface area contributed by atoms with E-state index in [-0.39, 0.29) is 18.2 Å². The standard InChI is InChI=1S/C16H26N4O3S/c1-2-10-24(22,23)20-8-3-6-16(12-20,19-9-7-17-13-19)15(21)18-11-14-4-5-14/h7,9,13-14H,2-6,8,10-12H2,1H3,(H,18,21). The van der Waals surface area contributed by atoms with Gasteiger partial charge in [-0.2, -0.15) is 4.31 Å². The Balaban J connectivity index is 1.85. The summed E-state index contributed by atoms with van der Waals surface area (Å²) in [6.07, 6.45) is 9.19. The van der Waals surface area contributed by atoms with Crippen molar-refractivity contribution < 1.29 is 13.2 Å². The molecule has 2 fully saturated rings. The molecule has 1 atom stereocenters. The molecule has 24 heavy (non-hydrogen) atoms. The third-order valence-electron chi connectivity index (χ3n) is 4.96. The lowest BCUT2D eigenvalue weighted by Crippen LogP contribution is -2.59. The van der Waals surface area contributed by atoms with Crippen molar-refractivity contribution in [3.8, 4) is 0 Å². The zero-order valence-electron chi connectivity index (χ0n) is 14.1. The van der Waals surface area contributed by atoms with Crippen LogP contribution in [0, 0.1) is 5.92 Å². The van der Waals surface area contributed by atoms with Crippen molar-refractivity contribution in [2.45, 2.75) is 44.6 Å². The van der Waals surface area contributed by atoms with Crippen LogP contribution in [0.1, 0.15) is 39.0 Å². The quantitative estimate of drug-likeness (QED) is 0.790. The second-order valence-electron chi connectivity index (χ2n) is 6.91. The van der Waals surface area contributed by atoms with E-state index in [1.807, 2.05) is 6.92 Å². The smallest absolute Gasteiger partial charge is 0.247 e. The number of sulfonamides is 1. The van der Waals surface area contributed by atoms with E-state index in [0.717, 1.165) is 12.8 Å². The highest BCUT2D eigenvalue weighted by Gasteiger charge is 2.46. The highest BCUT2D eigenvalue weighted by Crippen LogP contribution is 2.32. The number of carbonyl (C=O) groups is 1. The maximum atomic E-state index is 13.0. The molecule has 0 bridgehead atoms. The Morgan fingerprint density at radius 3 is 2.83 bits per heavy atom. The van der Waals surface area contributed by atoms with E-state index in [9.17, 15) is 13.2 Å². The van der Waals surface area contributed by atoms with Crippen LogP contribution < -0.4 is 5.32 Å². The second kappa shape index (κ2) is 6.84. The molecule has 7 nitrogen and oxygen atoms in total. The summed E-state index contributed by atoms with van der Waals surface area (Å²) in [6.45, 7) is 3.20. The van der Waals surface area contributed by atoms with Gasteiger partial charge >= 0.3 is 0 Å². The molecule has 0 radical (unpaired) electrons. The van der Waals surface area contributed by atoms with Crippen molar-refractivity contribution in [1.82, 2.24) is 19.2 Å². The first-order valence-electron chi connectivity index (χ1n) is 8.72. The van der Waals surface area contributed by atoms with Gasteiger partial charge in [0.1, 0.15) is 5.54 Å². The average Bonchev–Trinajstić information content (AvgIpc) is 3.23. The van der Waals surface area contributed by atoms with Gasteiger partial charge < -0.3 is 9.88 Å². The molecule has 2 aliphatic rings. The van der Waals surface area contributed by atoms with Crippen LogP contribution in [0.25, 0.3) is 0 Å². The average molecular weight is 354 g/mol. The minimum absolute atomic E-state index is 0.0937. The number of amides is 1.